The van der Waals surface area contributed by atoms with Gasteiger partial charge in [-0.1, -0.05) is 50.6 Å². The van der Waals surface area contributed by atoms with Gasteiger partial charge in [-0.25, -0.2) is 0 Å². The van der Waals surface area contributed by atoms with Gasteiger partial charge in [0.2, 0.25) is 11.8 Å². The van der Waals surface area contributed by atoms with E-state index in [0.717, 1.165) is 5.56 Å². The zero-order valence-electron chi connectivity index (χ0n) is 14.5. The highest BCUT2D eigenvalue weighted by atomic mass is 35.5. The molecular weight excluding hydrogens is 336 g/mol. The first-order chi connectivity index (χ1) is 11.7. The Hall–Kier alpha value is -2.59. The van der Waals surface area contributed by atoms with E-state index in [1.807, 2.05) is 32.9 Å². The van der Waals surface area contributed by atoms with E-state index in [4.69, 9.17) is 11.6 Å². The molecule has 130 valence electrons. The van der Waals surface area contributed by atoms with Crippen molar-refractivity contribution in [2.45, 2.75) is 20.8 Å². The van der Waals surface area contributed by atoms with E-state index >= 15 is 0 Å². The second kappa shape index (κ2) is 7.99. The zero-order chi connectivity index (χ0) is 18.4. The molecule has 2 rings (SSSR count). The Morgan fingerprint density at radius 2 is 1.56 bits per heavy atom. The fourth-order valence-electron chi connectivity index (χ4n) is 1.92. The van der Waals surface area contributed by atoms with Crippen LogP contribution < -0.4 is 10.6 Å². The smallest absolute Gasteiger partial charge is 0.248 e. The van der Waals surface area contributed by atoms with Crippen LogP contribution in [0.3, 0.4) is 0 Å². The maximum absolute atomic E-state index is 12.0. The normalized spacial score (nSPS) is 11.4. The van der Waals surface area contributed by atoms with Crippen LogP contribution in [0.1, 0.15) is 26.3 Å². The molecule has 0 bridgehead atoms. The lowest BCUT2D eigenvalue weighted by atomic mass is 9.95. The average molecular weight is 357 g/mol. The van der Waals surface area contributed by atoms with E-state index in [-0.39, 0.29) is 11.8 Å². The molecule has 25 heavy (non-hydrogen) atoms. The molecule has 0 fully saturated rings. The number of amides is 2. The van der Waals surface area contributed by atoms with E-state index in [9.17, 15) is 9.59 Å². The topological polar surface area (TPSA) is 58.2 Å². The fourth-order valence-corrected chi connectivity index (χ4v) is 2.05. The number of carbonyl (C=O) groups is 2. The lowest BCUT2D eigenvalue weighted by Gasteiger charge is -2.18. The van der Waals surface area contributed by atoms with Crippen LogP contribution in [-0.2, 0) is 9.59 Å². The van der Waals surface area contributed by atoms with Crippen molar-refractivity contribution in [3.63, 3.8) is 0 Å². The van der Waals surface area contributed by atoms with Gasteiger partial charge in [-0.05, 0) is 42.0 Å². The highest BCUT2D eigenvalue weighted by Crippen LogP contribution is 2.20. The number of halogens is 1. The maximum Gasteiger partial charge on any atom is 0.248 e. The summed E-state index contributed by atoms with van der Waals surface area (Å²) < 4.78 is 0. The third kappa shape index (κ3) is 6.08. The number of anilines is 2. The van der Waals surface area contributed by atoms with Gasteiger partial charge in [-0.15, -0.1) is 0 Å². The van der Waals surface area contributed by atoms with Gasteiger partial charge in [0.25, 0.3) is 0 Å². The summed E-state index contributed by atoms with van der Waals surface area (Å²) in [5.74, 6) is -0.340. The van der Waals surface area contributed by atoms with Gasteiger partial charge in [-0.3, -0.25) is 9.59 Å². The number of hydrogen-bond acceptors (Lipinski definition) is 2. The van der Waals surface area contributed by atoms with Crippen LogP contribution in [0.4, 0.5) is 11.4 Å². The molecule has 5 heteroatoms. The van der Waals surface area contributed by atoms with Gasteiger partial charge < -0.3 is 10.6 Å². The summed E-state index contributed by atoms with van der Waals surface area (Å²) >= 11 is 5.83. The summed E-state index contributed by atoms with van der Waals surface area (Å²) in [4.78, 5) is 24.1. The predicted molar refractivity (Wildman–Crippen MR) is 104 cm³/mol. The molecule has 0 saturated carbocycles. The first-order valence-electron chi connectivity index (χ1n) is 7.90. The number of carbonyl (C=O) groups excluding carboxylic acids is 2. The number of nitrogens with one attached hydrogen (secondary N) is 2. The van der Waals surface area contributed by atoms with E-state index in [1.54, 1.807) is 42.5 Å². The van der Waals surface area contributed by atoms with Crippen LogP contribution in [0.25, 0.3) is 6.08 Å². The van der Waals surface area contributed by atoms with Crippen LogP contribution in [0.5, 0.6) is 0 Å². The summed E-state index contributed by atoms with van der Waals surface area (Å²) in [6, 6.07) is 14.2. The molecule has 0 unspecified atom stereocenters. The average Bonchev–Trinajstić information content (AvgIpc) is 2.54. The minimum Gasteiger partial charge on any atom is -0.326 e. The Balaban J connectivity index is 2.00. The third-order valence-electron chi connectivity index (χ3n) is 3.37. The Morgan fingerprint density at radius 1 is 0.960 bits per heavy atom. The number of hydrogen-bond donors (Lipinski definition) is 2. The molecule has 2 amide bonds. The molecule has 4 nitrogen and oxygen atoms in total. The van der Waals surface area contributed by atoms with Crippen molar-refractivity contribution >= 4 is 40.9 Å². The summed E-state index contributed by atoms with van der Waals surface area (Å²) in [7, 11) is 0. The van der Waals surface area contributed by atoms with Crippen molar-refractivity contribution in [2.24, 2.45) is 5.41 Å². The summed E-state index contributed by atoms with van der Waals surface area (Å²) in [5, 5.41) is 6.26. The summed E-state index contributed by atoms with van der Waals surface area (Å²) in [6.07, 6.45) is 3.15. The van der Waals surface area contributed by atoms with Crippen molar-refractivity contribution < 1.29 is 9.59 Å². The molecule has 0 aliphatic heterocycles. The second-order valence-corrected chi connectivity index (χ2v) is 7.10. The van der Waals surface area contributed by atoms with Gasteiger partial charge in [0, 0.05) is 27.9 Å². The quantitative estimate of drug-likeness (QED) is 0.759. The van der Waals surface area contributed by atoms with E-state index in [2.05, 4.69) is 10.6 Å². The van der Waals surface area contributed by atoms with Gasteiger partial charge in [0.1, 0.15) is 0 Å². The van der Waals surface area contributed by atoms with Crippen molar-refractivity contribution in [3.05, 3.63) is 65.2 Å². The van der Waals surface area contributed by atoms with Crippen molar-refractivity contribution in [1.29, 1.82) is 0 Å². The van der Waals surface area contributed by atoms with Crippen LogP contribution >= 0.6 is 11.6 Å². The zero-order valence-corrected chi connectivity index (χ0v) is 15.2. The molecule has 0 aliphatic rings. The molecule has 2 aromatic rings. The van der Waals surface area contributed by atoms with Gasteiger partial charge in [0.05, 0.1) is 0 Å². The Kier molecular flexibility index (Phi) is 5.99. The molecule has 0 heterocycles. The monoisotopic (exact) mass is 356 g/mol. The van der Waals surface area contributed by atoms with Crippen LogP contribution in [-0.4, -0.2) is 11.8 Å². The predicted octanol–water partition coefficient (Wildman–Crippen LogP) is 4.98. The maximum atomic E-state index is 12.0. The lowest BCUT2D eigenvalue weighted by molar-refractivity contribution is -0.123. The number of benzene rings is 2. The molecule has 2 aromatic carbocycles. The molecule has 0 spiro atoms. The van der Waals surface area contributed by atoms with Gasteiger partial charge in [0.15, 0.2) is 0 Å². The molecule has 0 aromatic heterocycles. The Morgan fingerprint density at radius 3 is 2.16 bits per heavy atom. The number of rotatable bonds is 4. The van der Waals surface area contributed by atoms with Crippen molar-refractivity contribution in [1.82, 2.24) is 0 Å². The van der Waals surface area contributed by atoms with Crippen molar-refractivity contribution in [3.8, 4) is 0 Å². The molecular formula is C20H21ClN2O2. The lowest BCUT2D eigenvalue weighted by Crippen LogP contribution is -2.27. The first-order valence-corrected chi connectivity index (χ1v) is 8.28. The molecule has 0 atom stereocenters. The van der Waals surface area contributed by atoms with Crippen LogP contribution in [0.2, 0.25) is 5.02 Å². The summed E-state index contributed by atoms with van der Waals surface area (Å²) in [6.45, 7) is 5.53. The molecule has 2 N–H and O–H groups in total. The largest absolute Gasteiger partial charge is 0.326 e. The highest BCUT2D eigenvalue weighted by Gasteiger charge is 2.21. The third-order valence-corrected chi connectivity index (χ3v) is 3.62. The van der Waals surface area contributed by atoms with Crippen LogP contribution in [0, 0.1) is 5.41 Å². The van der Waals surface area contributed by atoms with E-state index in [0.29, 0.717) is 16.4 Å². The SMILES string of the molecule is CC(C)(C)C(=O)Nc1cccc(NC(=O)/C=C/c2ccc(Cl)cc2)c1. The summed E-state index contributed by atoms with van der Waals surface area (Å²) in [5.41, 5.74) is 1.64. The molecule has 0 aliphatic carbocycles. The Bertz CT molecular complexity index is 790. The van der Waals surface area contributed by atoms with Crippen molar-refractivity contribution in [2.75, 3.05) is 10.6 Å². The van der Waals surface area contributed by atoms with E-state index in [1.165, 1.54) is 6.08 Å². The fraction of sp³-hybridized carbons (Fsp3) is 0.200. The molecule has 0 radical (unpaired) electrons. The Labute approximate surface area is 152 Å². The standard InChI is InChI=1S/C20H21ClN2O2/c1-20(2,3)19(25)23-17-6-4-5-16(13-17)22-18(24)12-9-14-7-10-15(21)11-8-14/h4-13H,1-3H3,(H,22,24)(H,23,25)/b12-9+. The van der Waals surface area contributed by atoms with Gasteiger partial charge in [-0.2, -0.15) is 0 Å². The van der Waals surface area contributed by atoms with Crippen LogP contribution in [0.15, 0.2) is 54.6 Å². The van der Waals surface area contributed by atoms with Gasteiger partial charge >= 0.3 is 0 Å². The van der Waals surface area contributed by atoms with E-state index < -0.39 is 5.41 Å². The molecule has 0 saturated heterocycles. The minimum atomic E-state index is -0.486. The first kappa shape index (κ1) is 18.7. The minimum absolute atomic E-state index is 0.0846. The highest BCUT2D eigenvalue weighted by molar-refractivity contribution is 6.30. The second-order valence-electron chi connectivity index (χ2n) is 6.66.